The van der Waals surface area contributed by atoms with Crippen molar-refractivity contribution in [2.45, 2.75) is 24.2 Å². The molecule has 1 atom stereocenters. The molecule has 0 aliphatic carbocycles. The molecule has 0 aromatic carbocycles. The van der Waals surface area contributed by atoms with Gasteiger partial charge in [-0.15, -0.1) is 0 Å². The summed E-state index contributed by atoms with van der Waals surface area (Å²) in [6.45, 7) is 2.61. The standard InChI is InChI=1S/C11H19N3O2S/c15-17(16,11-4-6-13-9-11)14-7-3-10-2-1-5-12-8-10/h4,6,9-10,12-14H,1-3,5,7-8H2. The zero-order chi connectivity index (χ0) is 12.1. The fourth-order valence-electron chi connectivity index (χ4n) is 2.13. The van der Waals surface area contributed by atoms with Crippen LogP contribution in [0.1, 0.15) is 19.3 Å². The predicted molar refractivity (Wildman–Crippen MR) is 66.2 cm³/mol. The molecule has 0 bridgehead atoms. The van der Waals surface area contributed by atoms with Gasteiger partial charge >= 0.3 is 0 Å². The van der Waals surface area contributed by atoms with Gasteiger partial charge < -0.3 is 10.3 Å². The molecule has 2 heterocycles. The Morgan fingerprint density at radius 1 is 1.47 bits per heavy atom. The van der Waals surface area contributed by atoms with Crippen LogP contribution in [0.5, 0.6) is 0 Å². The SMILES string of the molecule is O=S(=O)(NCCC1CCCNC1)c1cc[nH]c1. The van der Waals surface area contributed by atoms with Crippen LogP contribution < -0.4 is 10.0 Å². The third kappa shape index (κ3) is 3.55. The van der Waals surface area contributed by atoms with Crippen molar-refractivity contribution in [3.05, 3.63) is 18.5 Å². The number of hydrogen-bond donors (Lipinski definition) is 3. The fraction of sp³-hybridized carbons (Fsp3) is 0.636. The minimum atomic E-state index is -3.32. The van der Waals surface area contributed by atoms with Crippen molar-refractivity contribution in [3.8, 4) is 0 Å². The maximum Gasteiger partial charge on any atom is 0.242 e. The number of aromatic amines is 1. The summed E-state index contributed by atoms with van der Waals surface area (Å²) in [5.41, 5.74) is 0. The Hall–Kier alpha value is -0.850. The quantitative estimate of drug-likeness (QED) is 0.726. The number of H-pyrrole nitrogens is 1. The number of rotatable bonds is 5. The molecule has 1 fully saturated rings. The smallest absolute Gasteiger partial charge is 0.242 e. The third-order valence-corrected chi connectivity index (χ3v) is 4.58. The zero-order valence-electron chi connectivity index (χ0n) is 9.78. The van der Waals surface area contributed by atoms with Crippen molar-refractivity contribution in [1.29, 1.82) is 0 Å². The number of nitrogens with one attached hydrogen (secondary N) is 3. The zero-order valence-corrected chi connectivity index (χ0v) is 10.6. The lowest BCUT2D eigenvalue weighted by molar-refractivity contribution is 0.358. The maximum atomic E-state index is 11.8. The van der Waals surface area contributed by atoms with Gasteiger partial charge in [0.1, 0.15) is 0 Å². The molecule has 17 heavy (non-hydrogen) atoms. The molecule has 1 aliphatic heterocycles. The largest absolute Gasteiger partial charge is 0.366 e. The van der Waals surface area contributed by atoms with Crippen LogP contribution in [-0.2, 0) is 10.0 Å². The van der Waals surface area contributed by atoms with Crippen LogP contribution >= 0.6 is 0 Å². The van der Waals surface area contributed by atoms with Crippen molar-refractivity contribution in [3.63, 3.8) is 0 Å². The Kier molecular flexibility index (Phi) is 4.20. The van der Waals surface area contributed by atoms with E-state index < -0.39 is 10.0 Å². The highest BCUT2D eigenvalue weighted by atomic mass is 32.2. The molecule has 1 saturated heterocycles. The van der Waals surface area contributed by atoms with Gasteiger partial charge in [-0.2, -0.15) is 0 Å². The van der Waals surface area contributed by atoms with Gasteiger partial charge in [0.2, 0.25) is 10.0 Å². The third-order valence-electron chi connectivity index (χ3n) is 3.12. The van der Waals surface area contributed by atoms with Crippen LogP contribution in [0.15, 0.2) is 23.4 Å². The number of sulfonamides is 1. The average Bonchev–Trinajstić information content (AvgIpc) is 2.84. The lowest BCUT2D eigenvalue weighted by atomic mass is 9.96. The molecule has 0 saturated carbocycles. The highest BCUT2D eigenvalue weighted by Gasteiger charge is 2.16. The summed E-state index contributed by atoms with van der Waals surface area (Å²) in [4.78, 5) is 3.05. The van der Waals surface area contributed by atoms with Crippen LogP contribution in [-0.4, -0.2) is 33.0 Å². The highest BCUT2D eigenvalue weighted by Crippen LogP contribution is 2.13. The van der Waals surface area contributed by atoms with Crippen molar-refractivity contribution >= 4 is 10.0 Å². The molecule has 5 nitrogen and oxygen atoms in total. The van der Waals surface area contributed by atoms with Gasteiger partial charge in [-0.05, 0) is 44.3 Å². The molecule has 6 heteroatoms. The summed E-state index contributed by atoms with van der Waals surface area (Å²) in [7, 11) is -3.32. The summed E-state index contributed by atoms with van der Waals surface area (Å²) < 4.78 is 26.2. The molecule has 1 unspecified atom stereocenters. The summed E-state index contributed by atoms with van der Waals surface area (Å²) in [6.07, 6.45) is 6.38. The van der Waals surface area contributed by atoms with E-state index in [1.807, 2.05) is 0 Å². The molecule has 1 aromatic rings. The second kappa shape index (κ2) is 5.66. The Balaban J connectivity index is 1.78. The Morgan fingerprint density at radius 3 is 3.00 bits per heavy atom. The first kappa shape index (κ1) is 12.6. The van der Waals surface area contributed by atoms with Gasteiger partial charge in [-0.1, -0.05) is 0 Å². The van der Waals surface area contributed by atoms with Crippen LogP contribution in [0.3, 0.4) is 0 Å². The van der Waals surface area contributed by atoms with Crippen LogP contribution in [0, 0.1) is 5.92 Å². The molecule has 1 aromatic heterocycles. The van der Waals surface area contributed by atoms with Gasteiger partial charge in [0.25, 0.3) is 0 Å². The highest BCUT2D eigenvalue weighted by molar-refractivity contribution is 7.89. The fourth-order valence-corrected chi connectivity index (χ4v) is 3.15. The number of piperidine rings is 1. The van der Waals surface area contributed by atoms with Crippen molar-refractivity contribution in [1.82, 2.24) is 15.0 Å². The molecule has 96 valence electrons. The Bertz CT molecular complexity index is 422. The predicted octanol–water partition coefficient (Wildman–Crippen LogP) is 0.683. The monoisotopic (exact) mass is 257 g/mol. The summed E-state index contributed by atoms with van der Waals surface area (Å²) in [6, 6.07) is 1.56. The van der Waals surface area contributed by atoms with Crippen molar-refractivity contribution in [2.24, 2.45) is 5.92 Å². The van der Waals surface area contributed by atoms with Crippen LogP contribution in [0.2, 0.25) is 0 Å². The first-order valence-electron chi connectivity index (χ1n) is 6.02. The lowest BCUT2D eigenvalue weighted by Crippen LogP contribution is -2.33. The molecule has 0 amide bonds. The van der Waals surface area contributed by atoms with Gasteiger partial charge in [-0.3, -0.25) is 0 Å². The first-order chi connectivity index (χ1) is 8.18. The van der Waals surface area contributed by atoms with E-state index in [0.717, 1.165) is 19.5 Å². The Morgan fingerprint density at radius 2 is 2.35 bits per heavy atom. The summed E-state index contributed by atoms with van der Waals surface area (Å²) in [5, 5.41) is 3.33. The molecule has 2 rings (SSSR count). The molecular formula is C11H19N3O2S. The van der Waals surface area contributed by atoms with E-state index in [9.17, 15) is 8.42 Å². The maximum absolute atomic E-state index is 11.8. The van der Waals surface area contributed by atoms with E-state index in [1.165, 1.54) is 19.0 Å². The molecular weight excluding hydrogens is 238 g/mol. The van der Waals surface area contributed by atoms with Crippen LogP contribution in [0.4, 0.5) is 0 Å². The van der Waals surface area contributed by atoms with E-state index in [2.05, 4.69) is 15.0 Å². The summed E-state index contributed by atoms with van der Waals surface area (Å²) >= 11 is 0. The minimum absolute atomic E-state index is 0.305. The van der Waals surface area contributed by atoms with E-state index >= 15 is 0 Å². The van der Waals surface area contributed by atoms with Gasteiger partial charge in [-0.25, -0.2) is 13.1 Å². The number of aromatic nitrogens is 1. The molecule has 3 N–H and O–H groups in total. The van der Waals surface area contributed by atoms with Gasteiger partial charge in [0, 0.05) is 18.9 Å². The average molecular weight is 257 g/mol. The van der Waals surface area contributed by atoms with E-state index in [-0.39, 0.29) is 0 Å². The Labute approximate surface area is 102 Å². The van der Waals surface area contributed by atoms with E-state index in [4.69, 9.17) is 0 Å². The summed E-state index contributed by atoms with van der Waals surface area (Å²) in [5.74, 6) is 0.595. The lowest BCUT2D eigenvalue weighted by Gasteiger charge is -2.22. The number of hydrogen-bond acceptors (Lipinski definition) is 3. The second-order valence-corrected chi connectivity index (χ2v) is 6.21. The normalized spacial score (nSPS) is 21.5. The van der Waals surface area contributed by atoms with Gasteiger partial charge in [0.05, 0.1) is 4.90 Å². The van der Waals surface area contributed by atoms with E-state index in [0.29, 0.717) is 17.4 Å². The minimum Gasteiger partial charge on any atom is -0.366 e. The van der Waals surface area contributed by atoms with Crippen molar-refractivity contribution in [2.75, 3.05) is 19.6 Å². The second-order valence-electron chi connectivity index (χ2n) is 4.45. The van der Waals surface area contributed by atoms with E-state index in [1.54, 1.807) is 12.3 Å². The van der Waals surface area contributed by atoms with Crippen molar-refractivity contribution < 1.29 is 8.42 Å². The topological polar surface area (TPSA) is 74.0 Å². The van der Waals surface area contributed by atoms with Gasteiger partial charge in [0.15, 0.2) is 0 Å². The molecule has 0 radical (unpaired) electrons. The molecule has 1 aliphatic rings. The van der Waals surface area contributed by atoms with Crippen LogP contribution in [0.25, 0.3) is 0 Å². The molecule has 0 spiro atoms. The first-order valence-corrected chi connectivity index (χ1v) is 7.50.